The van der Waals surface area contributed by atoms with Crippen LogP contribution in [0.1, 0.15) is 60.1 Å². The fourth-order valence-corrected chi connectivity index (χ4v) is 6.41. The molecule has 5 N–H and O–H groups in total. The number of methoxy groups -OCH3 is 1. The molecule has 1 saturated heterocycles. The molecule has 3 aromatic rings. The van der Waals surface area contributed by atoms with E-state index in [2.05, 4.69) is 39.9 Å². The molecule has 0 saturated carbocycles. The van der Waals surface area contributed by atoms with Crippen LogP contribution in [-0.2, 0) is 26.9 Å². The number of nitrogens with one attached hydrogen (secondary N) is 2. The first-order valence-electron chi connectivity index (χ1n) is 12.7. The molecule has 11 heteroatoms. The third-order valence-corrected chi connectivity index (χ3v) is 9.40. The van der Waals surface area contributed by atoms with Crippen LogP contribution in [-0.4, -0.2) is 43.6 Å². The van der Waals surface area contributed by atoms with Crippen molar-refractivity contribution in [2.45, 2.75) is 68.8 Å². The molecule has 0 radical (unpaired) electrons. The molecule has 2 heterocycles. The van der Waals surface area contributed by atoms with Crippen molar-refractivity contribution in [3.05, 3.63) is 75.9 Å². The van der Waals surface area contributed by atoms with Gasteiger partial charge in [0.05, 0.1) is 23.2 Å². The highest BCUT2D eigenvalue weighted by molar-refractivity contribution is 7.88. The number of carbonyl (C=O) groups is 1. The first-order chi connectivity index (χ1) is 18.3. The van der Waals surface area contributed by atoms with Gasteiger partial charge in [0.25, 0.3) is 0 Å². The van der Waals surface area contributed by atoms with Gasteiger partial charge in [-0.2, -0.15) is 8.42 Å². The monoisotopic (exact) mass is 574 g/mol. The van der Waals surface area contributed by atoms with Crippen LogP contribution in [0.2, 0.25) is 0 Å². The highest BCUT2D eigenvalue weighted by atomic mass is 32.3. The Morgan fingerprint density at radius 3 is 2.46 bits per heavy atom. The van der Waals surface area contributed by atoms with Crippen molar-refractivity contribution >= 4 is 27.4 Å². The van der Waals surface area contributed by atoms with Crippen molar-refractivity contribution in [1.82, 2.24) is 15.6 Å². The summed E-state index contributed by atoms with van der Waals surface area (Å²) < 4.78 is 35.3. The predicted molar refractivity (Wildman–Crippen MR) is 154 cm³/mol. The summed E-state index contributed by atoms with van der Waals surface area (Å²) in [7, 11) is -2.38. The molecule has 212 valence electrons. The molecule has 9 nitrogen and oxygen atoms in total. The van der Waals surface area contributed by atoms with Gasteiger partial charge in [-0.3, -0.25) is 9.35 Å². The van der Waals surface area contributed by atoms with Gasteiger partial charge in [-0.15, -0.1) is 11.3 Å². The number of ether oxygens (including phenoxy) is 1. The molecular formula is C28H38N4O5S2. The maximum atomic E-state index is 11.9. The third-order valence-electron chi connectivity index (χ3n) is 6.89. The summed E-state index contributed by atoms with van der Waals surface area (Å²) in [5, 5.41) is 7.99. The first kappa shape index (κ1) is 30.7. The molecule has 0 bridgehead atoms. The molecule has 2 aromatic carbocycles. The number of aryl methyl sites for hydroxylation is 2. The second kappa shape index (κ2) is 13.0. The van der Waals surface area contributed by atoms with E-state index in [9.17, 15) is 13.2 Å². The number of thiazole rings is 1. The number of rotatable bonds is 8. The number of hydrogen-bond donors (Lipinski definition) is 4. The molecule has 0 unspecified atom stereocenters. The number of hydrogen-bond acceptors (Lipinski definition) is 8. The molecule has 1 amide bonds. The summed E-state index contributed by atoms with van der Waals surface area (Å²) in [6.07, 6.45) is 2.26. The van der Waals surface area contributed by atoms with Gasteiger partial charge in [-0.25, -0.2) is 4.98 Å². The van der Waals surface area contributed by atoms with Crippen LogP contribution in [0.5, 0.6) is 5.75 Å². The van der Waals surface area contributed by atoms with Crippen LogP contribution in [0.15, 0.2) is 52.7 Å². The van der Waals surface area contributed by atoms with Gasteiger partial charge >= 0.3 is 10.1 Å². The molecule has 39 heavy (non-hydrogen) atoms. The minimum absolute atomic E-state index is 0.0602. The first-order valence-corrected chi connectivity index (χ1v) is 15.0. The Morgan fingerprint density at radius 2 is 1.92 bits per heavy atom. The summed E-state index contributed by atoms with van der Waals surface area (Å²) >= 11 is 0.972. The van der Waals surface area contributed by atoms with Crippen molar-refractivity contribution < 1.29 is 22.5 Å². The van der Waals surface area contributed by atoms with Gasteiger partial charge in [-0.05, 0) is 70.3 Å². The van der Waals surface area contributed by atoms with Crippen LogP contribution in [0.4, 0.5) is 0 Å². The lowest BCUT2D eigenvalue weighted by Crippen LogP contribution is -2.45. The fraction of sp³-hybridized carbons (Fsp3) is 0.429. The van der Waals surface area contributed by atoms with Crippen LogP contribution in [0, 0.1) is 13.8 Å². The Labute approximate surface area is 234 Å². The zero-order valence-electron chi connectivity index (χ0n) is 23.0. The zero-order chi connectivity index (χ0) is 28.8. The summed E-state index contributed by atoms with van der Waals surface area (Å²) in [6.45, 7) is 8.64. The van der Waals surface area contributed by atoms with E-state index in [1.54, 1.807) is 21.0 Å². The Bertz CT molecular complexity index is 1370. The highest BCUT2D eigenvalue weighted by Crippen LogP contribution is 2.30. The van der Waals surface area contributed by atoms with Gasteiger partial charge in [0.15, 0.2) is 4.21 Å². The Balaban J connectivity index is 0.000000320. The van der Waals surface area contributed by atoms with Gasteiger partial charge in [0, 0.05) is 24.2 Å². The number of primary amides is 1. The number of nitrogens with two attached hydrogens (primary N) is 1. The van der Waals surface area contributed by atoms with E-state index in [4.69, 9.17) is 15.0 Å². The van der Waals surface area contributed by atoms with Crippen LogP contribution >= 0.6 is 11.3 Å². The van der Waals surface area contributed by atoms with Gasteiger partial charge in [-0.1, -0.05) is 36.4 Å². The van der Waals surface area contributed by atoms with Crippen LogP contribution in [0.3, 0.4) is 0 Å². The second-order valence-electron chi connectivity index (χ2n) is 10.1. The van der Waals surface area contributed by atoms with Gasteiger partial charge in [0.2, 0.25) is 5.91 Å². The topological polar surface area (TPSA) is 144 Å². The highest BCUT2D eigenvalue weighted by Gasteiger charge is 2.29. The molecule has 0 aliphatic carbocycles. The van der Waals surface area contributed by atoms with Gasteiger partial charge in [0.1, 0.15) is 5.75 Å². The summed E-state index contributed by atoms with van der Waals surface area (Å²) in [5.74, 6) is 0.480. The van der Waals surface area contributed by atoms with E-state index in [0.29, 0.717) is 23.3 Å². The molecular weight excluding hydrogens is 536 g/mol. The van der Waals surface area contributed by atoms with Crippen LogP contribution in [0.25, 0.3) is 0 Å². The lowest BCUT2D eigenvalue weighted by Gasteiger charge is -2.34. The molecule has 1 fully saturated rings. The van der Waals surface area contributed by atoms with E-state index >= 15 is 0 Å². The van der Waals surface area contributed by atoms with E-state index in [1.807, 2.05) is 38.1 Å². The minimum atomic E-state index is -4.06. The minimum Gasteiger partial charge on any atom is -0.496 e. The lowest BCUT2D eigenvalue weighted by molar-refractivity contribution is -0.122. The number of amides is 1. The van der Waals surface area contributed by atoms with Crippen molar-refractivity contribution in [2.24, 2.45) is 5.73 Å². The molecule has 1 aliphatic rings. The smallest absolute Gasteiger partial charge is 0.305 e. The van der Waals surface area contributed by atoms with Crippen molar-refractivity contribution in [2.75, 3.05) is 13.7 Å². The SMILES string of the molecule is COc1ccc(C(C)(C)C(N)=O)cc1CN[C@H]1CCCN[C@H]1c1ccccc1.Cc1nc(C)c(S(=O)(=O)O)s1. The number of benzene rings is 2. The van der Waals surface area contributed by atoms with Crippen molar-refractivity contribution in [3.8, 4) is 5.75 Å². The average Bonchev–Trinajstić information content (AvgIpc) is 3.26. The quantitative estimate of drug-likeness (QED) is 0.295. The summed E-state index contributed by atoms with van der Waals surface area (Å²) in [6, 6.07) is 17.0. The lowest BCUT2D eigenvalue weighted by atomic mass is 9.83. The predicted octanol–water partition coefficient (Wildman–Crippen LogP) is 4.05. The summed E-state index contributed by atoms with van der Waals surface area (Å²) in [4.78, 5) is 15.7. The molecule has 2 atom stereocenters. The fourth-order valence-electron chi connectivity index (χ4n) is 4.56. The Morgan fingerprint density at radius 1 is 1.23 bits per heavy atom. The Hall–Kier alpha value is -2.83. The number of carbonyl (C=O) groups excluding carboxylic acids is 1. The van der Waals surface area contributed by atoms with Gasteiger partial charge < -0.3 is 21.1 Å². The maximum absolute atomic E-state index is 11.9. The third kappa shape index (κ3) is 7.86. The number of piperidine rings is 1. The Kier molecular flexibility index (Phi) is 10.2. The normalized spacial score (nSPS) is 17.7. The molecule has 1 aliphatic heterocycles. The average molecular weight is 575 g/mol. The van der Waals surface area contributed by atoms with Crippen molar-refractivity contribution in [1.29, 1.82) is 0 Å². The number of aromatic nitrogens is 1. The van der Waals surface area contributed by atoms with Crippen molar-refractivity contribution in [3.63, 3.8) is 0 Å². The van der Waals surface area contributed by atoms with E-state index in [0.717, 1.165) is 47.6 Å². The summed E-state index contributed by atoms with van der Waals surface area (Å²) in [5.41, 5.74) is 8.47. The second-order valence-corrected chi connectivity index (χ2v) is 12.9. The zero-order valence-corrected chi connectivity index (χ0v) is 24.7. The maximum Gasteiger partial charge on any atom is 0.305 e. The number of nitrogens with zero attached hydrogens (tertiary/aromatic N) is 1. The molecule has 4 rings (SSSR count). The molecule has 0 spiro atoms. The largest absolute Gasteiger partial charge is 0.496 e. The van der Waals surface area contributed by atoms with E-state index in [-0.39, 0.29) is 16.2 Å². The van der Waals surface area contributed by atoms with E-state index in [1.165, 1.54) is 5.56 Å². The molecule has 1 aromatic heterocycles. The van der Waals surface area contributed by atoms with Crippen LogP contribution < -0.4 is 21.1 Å². The standard InChI is InChI=1S/C23H31N3O2.C5H7NO3S2/c1-23(2,22(24)27)18-11-12-20(28-3)17(14-18)15-26-19-10-7-13-25-21(19)16-8-5-4-6-9-16;1-3-5(11(7,8)9)10-4(2)6-3/h4-6,8-9,11-12,14,19,21,25-26H,7,10,13,15H2,1-3H3,(H2,24,27);1-2H3,(H,7,8,9)/t19-,21-;/m0./s1. The van der Waals surface area contributed by atoms with E-state index < -0.39 is 15.5 Å².